The van der Waals surface area contributed by atoms with Crippen LogP contribution < -0.4 is 10.6 Å². The summed E-state index contributed by atoms with van der Waals surface area (Å²) >= 11 is 1.30. The number of benzene rings is 1. The quantitative estimate of drug-likeness (QED) is 0.805. The lowest BCUT2D eigenvalue weighted by Crippen LogP contribution is -2.26. The van der Waals surface area contributed by atoms with E-state index in [1.54, 1.807) is 6.92 Å². The zero-order chi connectivity index (χ0) is 19.3. The monoisotopic (exact) mass is 371 g/mol. The summed E-state index contributed by atoms with van der Waals surface area (Å²) < 4.78 is 0. The topological polar surface area (TPSA) is 71.1 Å². The normalized spacial score (nSPS) is 11.7. The maximum Gasteiger partial charge on any atom is 0.237 e. The fourth-order valence-corrected chi connectivity index (χ4v) is 3.23. The molecule has 1 atom stereocenters. The van der Waals surface area contributed by atoms with Gasteiger partial charge in [0.05, 0.1) is 22.4 Å². The Bertz CT molecular complexity index is 780. The maximum absolute atomic E-state index is 12.4. The summed E-state index contributed by atoms with van der Waals surface area (Å²) in [5.74, 6) is -0.0371. The third-order valence-electron chi connectivity index (χ3n) is 3.94. The van der Waals surface area contributed by atoms with Gasteiger partial charge in [0, 0.05) is 11.4 Å². The van der Waals surface area contributed by atoms with Crippen molar-refractivity contribution in [1.82, 2.24) is 4.98 Å². The van der Waals surface area contributed by atoms with Gasteiger partial charge in [-0.1, -0.05) is 17.7 Å². The number of aromatic nitrogens is 1. The predicted octanol–water partition coefficient (Wildman–Crippen LogP) is 4.01. The summed E-state index contributed by atoms with van der Waals surface area (Å²) in [5.41, 5.74) is 5.35. The van der Waals surface area contributed by atoms with Crippen LogP contribution in [0.2, 0.25) is 0 Å². The number of pyridine rings is 1. The van der Waals surface area contributed by atoms with E-state index < -0.39 is 0 Å². The molecule has 6 heteroatoms. The number of aryl methyl sites for hydroxylation is 4. The van der Waals surface area contributed by atoms with Gasteiger partial charge < -0.3 is 10.6 Å². The van der Waals surface area contributed by atoms with Crippen molar-refractivity contribution in [2.75, 3.05) is 16.4 Å². The number of rotatable bonds is 6. The minimum atomic E-state index is -0.348. The van der Waals surface area contributed by atoms with Gasteiger partial charge in [-0.05, 0) is 58.4 Å². The molecule has 0 saturated carbocycles. The first-order valence-corrected chi connectivity index (χ1v) is 9.55. The Balaban J connectivity index is 1.87. The standard InChI is InChI=1S/C20H25N3O2S/c1-12-6-8-17(9-7-12)22-18(24)11-26-16(5)20(25)23-19-13(2)10-14(3)21-15(19)4/h6-10,16H,11H2,1-5H3,(H,22,24)(H,23,25). The van der Waals surface area contributed by atoms with Crippen molar-refractivity contribution < 1.29 is 9.59 Å². The van der Waals surface area contributed by atoms with E-state index in [-0.39, 0.29) is 22.8 Å². The molecule has 5 nitrogen and oxygen atoms in total. The Morgan fingerprint density at radius 2 is 1.73 bits per heavy atom. The Morgan fingerprint density at radius 3 is 2.35 bits per heavy atom. The molecule has 0 fully saturated rings. The van der Waals surface area contributed by atoms with Crippen LogP contribution in [0.5, 0.6) is 0 Å². The molecule has 1 unspecified atom stereocenters. The Labute approximate surface area is 159 Å². The minimum absolute atomic E-state index is 0.122. The van der Waals surface area contributed by atoms with Crippen molar-refractivity contribution in [3.8, 4) is 0 Å². The van der Waals surface area contributed by atoms with Crippen molar-refractivity contribution in [3.05, 3.63) is 52.8 Å². The minimum Gasteiger partial charge on any atom is -0.325 e. The SMILES string of the molecule is Cc1ccc(NC(=O)CSC(C)C(=O)Nc2c(C)cc(C)nc2C)cc1. The van der Waals surface area contributed by atoms with Gasteiger partial charge in [0.15, 0.2) is 0 Å². The first kappa shape index (κ1) is 20.0. The second-order valence-electron chi connectivity index (χ2n) is 6.40. The van der Waals surface area contributed by atoms with Gasteiger partial charge in [-0.3, -0.25) is 14.6 Å². The van der Waals surface area contributed by atoms with Crippen LogP contribution in [-0.4, -0.2) is 27.8 Å². The number of nitrogens with one attached hydrogen (secondary N) is 2. The van der Waals surface area contributed by atoms with Crippen molar-refractivity contribution in [2.45, 2.75) is 39.9 Å². The predicted molar refractivity (Wildman–Crippen MR) is 109 cm³/mol. The smallest absolute Gasteiger partial charge is 0.237 e. The first-order valence-electron chi connectivity index (χ1n) is 8.50. The van der Waals surface area contributed by atoms with E-state index in [4.69, 9.17) is 0 Å². The highest BCUT2D eigenvalue weighted by Gasteiger charge is 2.17. The molecule has 0 aliphatic heterocycles. The molecule has 1 aromatic carbocycles. The summed E-state index contributed by atoms with van der Waals surface area (Å²) in [6.45, 7) is 9.55. The highest BCUT2D eigenvalue weighted by molar-refractivity contribution is 8.01. The van der Waals surface area contributed by atoms with Gasteiger partial charge in [-0.2, -0.15) is 0 Å². The number of hydrogen-bond donors (Lipinski definition) is 2. The molecule has 2 aromatic rings. The summed E-state index contributed by atoms with van der Waals surface area (Å²) in [6, 6.07) is 9.56. The third kappa shape index (κ3) is 5.59. The lowest BCUT2D eigenvalue weighted by molar-refractivity contribution is -0.115. The zero-order valence-corrected chi connectivity index (χ0v) is 16.7. The van der Waals surface area contributed by atoms with E-state index in [9.17, 15) is 9.59 Å². The maximum atomic E-state index is 12.4. The van der Waals surface area contributed by atoms with Crippen LogP contribution in [0.4, 0.5) is 11.4 Å². The molecule has 1 heterocycles. The second-order valence-corrected chi connectivity index (χ2v) is 7.73. The highest BCUT2D eigenvalue weighted by atomic mass is 32.2. The largest absolute Gasteiger partial charge is 0.325 e. The lowest BCUT2D eigenvalue weighted by Gasteiger charge is -2.15. The van der Waals surface area contributed by atoms with E-state index in [0.717, 1.165) is 33.9 Å². The van der Waals surface area contributed by atoms with E-state index >= 15 is 0 Å². The zero-order valence-electron chi connectivity index (χ0n) is 15.8. The van der Waals surface area contributed by atoms with Crippen LogP contribution in [-0.2, 0) is 9.59 Å². The fourth-order valence-electron chi connectivity index (χ4n) is 2.55. The van der Waals surface area contributed by atoms with E-state index in [1.165, 1.54) is 11.8 Å². The van der Waals surface area contributed by atoms with Gasteiger partial charge in [-0.25, -0.2) is 0 Å². The van der Waals surface area contributed by atoms with Crippen molar-refractivity contribution in [1.29, 1.82) is 0 Å². The molecule has 0 saturated heterocycles. The summed E-state index contributed by atoms with van der Waals surface area (Å²) in [7, 11) is 0. The van der Waals surface area contributed by atoms with Gasteiger partial charge in [0.2, 0.25) is 11.8 Å². The molecule has 2 amide bonds. The van der Waals surface area contributed by atoms with Crippen LogP contribution in [0.1, 0.15) is 29.4 Å². The molecular weight excluding hydrogens is 346 g/mol. The molecule has 1 aromatic heterocycles. The van der Waals surface area contributed by atoms with Gasteiger partial charge in [0.1, 0.15) is 0 Å². The number of amides is 2. The van der Waals surface area contributed by atoms with Gasteiger partial charge >= 0.3 is 0 Å². The van der Waals surface area contributed by atoms with Crippen LogP contribution in [0.25, 0.3) is 0 Å². The lowest BCUT2D eigenvalue weighted by atomic mass is 10.1. The van der Waals surface area contributed by atoms with Crippen molar-refractivity contribution in [3.63, 3.8) is 0 Å². The van der Waals surface area contributed by atoms with Crippen LogP contribution in [0, 0.1) is 27.7 Å². The average molecular weight is 372 g/mol. The molecule has 2 rings (SSSR count). The number of carbonyl (C=O) groups is 2. The highest BCUT2D eigenvalue weighted by Crippen LogP contribution is 2.21. The summed E-state index contributed by atoms with van der Waals surface area (Å²) in [6.07, 6.45) is 0. The third-order valence-corrected chi connectivity index (χ3v) is 5.09. The molecule has 0 aliphatic rings. The number of nitrogens with zero attached hydrogens (tertiary/aromatic N) is 1. The molecular formula is C20H25N3O2S. The molecule has 26 heavy (non-hydrogen) atoms. The Hall–Kier alpha value is -2.34. The van der Waals surface area contributed by atoms with Gasteiger partial charge in [-0.15, -0.1) is 11.8 Å². The van der Waals surface area contributed by atoms with Crippen molar-refractivity contribution >= 4 is 35.0 Å². The van der Waals surface area contributed by atoms with E-state index in [1.807, 2.05) is 58.0 Å². The number of thioether (sulfide) groups is 1. The Morgan fingerprint density at radius 1 is 1.08 bits per heavy atom. The Kier molecular flexibility index (Phi) is 6.80. The first-order chi connectivity index (χ1) is 12.3. The van der Waals surface area contributed by atoms with E-state index in [2.05, 4.69) is 15.6 Å². The average Bonchev–Trinajstić information content (AvgIpc) is 2.57. The number of carbonyl (C=O) groups excluding carboxylic acids is 2. The van der Waals surface area contributed by atoms with Crippen LogP contribution in [0.3, 0.4) is 0 Å². The summed E-state index contributed by atoms with van der Waals surface area (Å²) in [5, 5.41) is 5.42. The molecule has 0 bridgehead atoms. The van der Waals surface area contributed by atoms with Crippen LogP contribution >= 0.6 is 11.8 Å². The summed E-state index contributed by atoms with van der Waals surface area (Å²) in [4.78, 5) is 28.9. The molecule has 2 N–H and O–H groups in total. The fraction of sp³-hybridized carbons (Fsp3) is 0.350. The molecule has 0 spiro atoms. The van der Waals surface area contributed by atoms with E-state index in [0.29, 0.717) is 0 Å². The molecule has 0 aliphatic carbocycles. The molecule has 138 valence electrons. The molecule has 0 radical (unpaired) electrons. The van der Waals surface area contributed by atoms with Crippen LogP contribution in [0.15, 0.2) is 30.3 Å². The second kappa shape index (κ2) is 8.85. The van der Waals surface area contributed by atoms with Crippen molar-refractivity contribution in [2.24, 2.45) is 0 Å². The van der Waals surface area contributed by atoms with Gasteiger partial charge in [0.25, 0.3) is 0 Å². The number of anilines is 2. The number of hydrogen-bond acceptors (Lipinski definition) is 4.